The maximum absolute atomic E-state index is 6.12. The molecule has 0 aliphatic carbocycles. The maximum atomic E-state index is 6.12. The van der Waals surface area contributed by atoms with Crippen LogP contribution in [-0.2, 0) is 14.2 Å². The molecule has 0 saturated carbocycles. The van der Waals surface area contributed by atoms with Crippen molar-refractivity contribution in [3.63, 3.8) is 0 Å². The highest BCUT2D eigenvalue weighted by molar-refractivity contribution is 5.85. The summed E-state index contributed by atoms with van der Waals surface area (Å²) in [6, 6.07) is 29.4. The molecule has 3 aromatic carbocycles. The Bertz CT molecular complexity index is 1710. The molecule has 0 spiro atoms. The summed E-state index contributed by atoms with van der Waals surface area (Å²) in [6.45, 7) is 2.93. The van der Waals surface area contributed by atoms with Gasteiger partial charge in [-0.25, -0.2) is 0 Å². The molecule has 0 aliphatic heterocycles. The predicted molar refractivity (Wildman–Crippen MR) is 173 cm³/mol. The van der Waals surface area contributed by atoms with Crippen molar-refractivity contribution in [1.82, 2.24) is 15.0 Å². The topological polar surface area (TPSA) is 94.1 Å². The normalized spacial score (nSPS) is 11.4. The van der Waals surface area contributed by atoms with Crippen molar-refractivity contribution in [3.8, 4) is 17.2 Å². The molecular formula is C36H35N3O6. The standard InChI is InChI=1S/C36H35N3O6/c1-7-27-10-4-16-37-34(27)31(13-1)43-21-19-40-25-30(42-23-24-45-33-15-3-9-29-12-6-18-39-36(29)33)26-41-20-22-44-32-14-2-8-28-11-5-17-38-35(28)32/h1-18,30H,19-26H2. The Balaban J connectivity index is 0.974. The minimum Gasteiger partial charge on any atom is -0.489 e. The Morgan fingerprint density at radius 3 is 1.22 bits per heavy atom. The number of fused-ring (bicyclic) bond motifs is 3. The van der Waals surface area contributed by atoms with E-state index in [0.717, 1.165) is 50.0 Å². The van der Waals surface area contributed by atoms with Crippen molar-refractivity contribution < 1.29 is 28.4 Å². The van der Waals surface area contributed by atoms with Crippen molar-refractivity contribution in [2.45, 2.75) is 6.10 Å². The van der Waals surface area contributed by atoms with Gasteiger partial charge < -0.3 is 28.4 Å². The molecule has 230 valence electrons. The van der Waals surface area contributed by atoms with Gasteiger partial charge in [-0.15, -0.1) is 0 Å². The lowest BCUT2D eigenvalue weighted by molar-refractivity contribution is -0.0702. The number of para-hydroxylation sites is 3. The Labute approximate surface area is 261 Å². The molecule has 3 heterocycles. The molecule has 9 nitrogen and oxygen atoms in total. The first-order valence-corrected chi connectivity index (χ1v) is 15.0. The fourth-order valence-electron chi connectivity index (χ4n) is 4.94. The first-order chi connectivity index (χ1) is 22.3. The summed E-state index contributed by atoms with van der Waals surface area (Å²) in [4.78, 5) is 13.3. The van der Waals surface area contributed by atoms with E-state index in [0.29, 0.717) is 52.9 Å². The first kappa shape index (κ1) is 30.2. The number of hydrogen-bond acceptors (Lipinski definition) is 9. The van der Waals surface area contributed by atoms with Crippen LogP contribution in [0.15, 0.2) is 110 Å². The monoisotopic (exact) mass is 605 g/mol. The van der Waals surface area contributed by atoms with Gasteiger partial charge in [0.05, 0.1) is 33.0 Å². The van der Waals surface area contributed by atoms with Crippen molar-refractivity contribution in [2.75, 3.05) is 52.9 Å². The number of pyridine rings is 3. The Morgan fingerprint density at radius 2 is 0.800 bits per heavy atom. The molecule has 9 heteroatoms. The van der Waals surface area contributed by atoms with Crippen LogP contribution in [0.3, 0.4) is 0 Å². The van der Waals surface area contributed by atoms with Crippen LogP contribution in [0.5, 0.6) is 17.2 Å². The van der Waals surface area contributed by atoms with E-state index in [1.807, 2.05) is 91.0 Å². The van der Waals surface area contributed by atoms with Crippen LogP contribution in [0.1, 0.15) is 0 Å². The largest absolute Gasteiger partial charge is 0.489 e. The lowest BCUT2D eigenvalue weighted by Crippen LogP contribution is -2.29. The summed E-state index contributed by atoms with van der Waals surface area (Å²) in [5.41, 5.74) is 2.49. The third-order valence-electron chi connectivity index (χ3n) is 7.06. The van der Waals surface area contributed by atoms with Crippen molar-refractivity contribution in [1.29, 1.82) is 0 Å². The zero-order valence-electron chi connectivity index (χ0n) is 24.9. The van der Waals surface area contributed by atoms with Crippen molar-refractivity contribution >= 4 is 32.7 Å². The number of nitrogens with zero attached hydrogens (tertiary/aromatic N) is 3. The van der Waals surface area contributed by atoms with Gasteiger partial charge in [0.2, 0.25) is 0 Å². The summed E-state index contributed by atoms with van der Waals surface area (Å²) in [5, 5.41) is 3.09. The van der Waals surface area contributed by atoms with Crippen LogP contribution in [0.4, 0.5) is 0 Å². The van der Waals surface area contributed by atoms with Crippen LogP contribution in [0.25, 0.3) is 32.7 Å². The average Bonchev–Trinajstić information content (AvgIpc) is 3.09. The highest BCUT2D eigenvalue weighted by Crippen LogP contribution is 2.24. The predicted octanol–water partition coefficient (Wildman–Crippen LogP) is 6.29. The third-order valence-corrected chi connectivity index (χ3v) is 7.06. The minimum absolute atomic E-state index is 0.308. The lowest BCUT2D eigenvalue weighted by atomic mass is 10.2. The van der Waals surface area contributed by atoms with Gasteiger partial charge in [0, 0.05) is 34.7 Å². The molecule has 0 fully saturated rings. The second kappa shape index (κ2) is 15.8. The van der Waals surface area contributed by atoms with Crippen LogP contribution in [0.2, 0.25) is 0 Å². The van der Waals surface area contributed by atoms with E-state index in [4.69, 9.17) is 28.4 Å². The number of ether oxygens (including phenoxy) is 6. The van der Waals surface area contributed by atoms with E-state index in [-0.39, 0.29) is 6.10 Å². The van der Waals surface area contributed by atoms with Gasteiger partial charge in [-0.3, -0.25) is 15.0 Å². The number of benzene rings is 3. The van der Waals surface area contributed by atoms with Crippen LogP contribution < -0.4 is 14.2 Å². The summed E-state index contributed by atoms with van der Waals surface area (Å²) in [5.74, 6) is 2.18. The van der Waals surface area contributed by atoms with E-state index in [1.165, 1.54) is 0 Å². The molecule has 6 aromatic rings. The molecule has 3 aromatic heterocycles. The third kappa shape index (κ3) is 8.21. The van der Waals surface area contributed by atoms with Gasteiger partial charge in [-0.1, -0.05) is 54.6 Å². The van der Waals surface area contributed by atoms with E-state index in [2.05, 4.69) is 15.0 Å². The molecule has 0 atom stereocenters. The molecule has 6 rings (SSSR count). The molecule has 0 N–H and O–H groups in total. The molecule has 0 aliphatic rings. The Kier molecular flexibility index (Phi) is 10.6. The molecule has 0 amide bonds. The molecule has 0 radical (unpaired) electrons. The maximum Gasteiger partial charge on any atom is 0.145 e. The van der Waals surface area contributed by atoms with E-state index < -0.39 is 0 Å². The number of rotatable bonds is 17. The van der Waals surface area contributed by atoms with Crippen LogP contribution in [0, 0.1) is 0 Å². The Hall–Kier alpha value is -4.83. The zero-order chi connectivity index (χ0) is 30.5. The second-order valence-electron chi connectivity index (χ2n) is 10.2. The summed E-state index contributed by atoms with van der Waals surface area (Å²) >= 11 is 0. The highest BCUT2D eigenvalue weighted by atomic mass is 16.6. The van der Waals surface area contributed by atoms with Gasteiger partial charge >= 0.3 is 0 Å². The number of aromatic nitrogens is 3. The average molecular weight is 606 g/mol. The van der Waals surface area contributed by atoms with Crippen LogP contribution >= 0.6 is 0 Å². The van der Waals surface area contributed by atoms with Gasteiger partial charge in [-0.2, -0.15) is 0 Å². The first-order valence-electron chi connectivity index (χ1n) is 15.0. The zero-order valence-corrected chi connectivity index (χ0v) is 24.9. The highest BCUT2D eigenvalue weighted by Gasteiger charge is 2.12. The fraction of sp³-hybridized carbons (Fsp3) is 0.250. The lowest BCUT2D eigenvalue weighted by Gasteiger charge is -2.19. The second-order valence-corrected chi connectivity index (χ2v) is 10.2. The minimum atomic E-state index is -0.308. The summed E-state index contributed by atoms with van der Waals surface area (Å²) in [7, 11) is 0. The molecule has 45 heavy (non-hydrogen) atoms. The molecular weight excluding hydrogens is 570 g/mol. The summed E-state index contributed by atoms with van der Waals surface area (Å²) in [6.07, 6.45) is 4.98. The number of hydrogen-bond donors (Lipinski definition) is 0. The van der Waals surface area contributed by atoms with Gasteiger partial charge in [0.1, 0.15) is 59.7 Å². The van der Waals surface area contributed by atoms with Crippen molar-refractivity contribution in [3.05, 3.63) is 110 Å². The summed E-state index contributed by atoms with van der Waals surface area (Å²) < 4.78 is 35.9. The SMILES string of the molecule is c1cnc2c(OCCOCC(COCCOc3cccc4cccnc34)OCCOc3cccc4cccnc34)cccc2c1. The molecule has 0 unspecified atom stereocenters. The fourth-order valence-corrected chi connectivity index (χ4v) is 4.94. The van der Waals surface area contributed by atoms with Gasteiger partial charge in [-0.05, 0) is 36.4 Å². The van der Waals surface area contributed by atoms with Crippen molar-refractivity contribution in [2.24, 2.45) is 0 Å². The quantitative estimate of drug-likeness (QED) is 0.111. The molecule has 0 saturated heterocycles. The van der Waals surface area contributed by atoms with Crippen LogP contribution in [-0.4, -0.2) is 73.9 Å². The smallest absolute Gasteiger partial charge is 0.145 e. The van der Waals surface area contributed by atoms with E-state index in [1.54, 1.807) is 18.6 Å². The van der Waals surface area contributed by atoms with Gasteiger partial charge in [0.15, 0.2) is 0 Å². The van der Waals surface area contributed by atoms with Gasteiger partial charge in [0.25, 0.3) is 0 Å². The van der Waals surface area contributed by atoms with E-state index in [9.17, 15) is 0 Å². The molecule has 0 bridgehead atoms. The Morgan fingerprint density at radius 1 is 0.422 bits per heavy atom. The van der Waals surface area contributed by atoms with E-state index >= 15 is 0 Å².